The van der Waals surface area contributed by atoms with Gasteiger partial charge in [-0.25, -0.2) is 4.39 Å². The van der Waals surface area contributed by atoms with Gasteiger partial charge < -0.3 is 5.11 Å². The van der Waals surface area contributed by atoms with Gasteiger partial charge in [0.2, 0.25) is 0 Å². The lowest BCUT2D eigenvalue weighted by Gasteiger charge is -2.20. The molecule has 0 aromatic heterocycles. The van der Waals surface area contributed by atoms with Crippen molar-refractivity contribution >= 4 is 11.6 Å². The number of hydrogen-bond donors (Lipinski definition) is 1. The lowest BCUT2D eigenvalue weighted by molar-refractivity contribution is 0.195. The normalized spacial score (nSPS) is 11.0. The van der Waals surface area contributed by atoms with E-state index in [-0.39, 0.29) is 12.4 Å². The molecule has 15 heavy (non-hydrogen) atoms. The van der Waals surface area contributed by atoms with E-state index in [9.17, 15) is 4.39 Å². The molecule has 0 radical (unpaired) electrons. The van der Waals surface area contributed by atoms with Crippen molar-refractivity contribution in [3.05, 3.63) is 34.6 Å². The molecule has 0 saturated carbocycles. The van der Waals surface area contributed by atoms with E-state index in [4.69, 9.17) is 16.7 Å². The van der Waals surface area contributed by atoms with Crippen LogP contribution in [0.5, 0.6) is 0 Å². The van der Waals surface area contributed by atoms with Crippen molar-refractivity contribution in [2.24, 2.45) is 0 Å². The molecule has 0 aliphatic rings. The zero-order chi connectivity index (χ0) is 11.3. The van der Waals surface area contributed by atoms with E-state index in [2.05, 4.69) is 0 Å². The second kappa shape index (κ2) is 6.05. The van der Waals surface area contributed by atoms with E-state index in [1.165, 1.54) is 6.07 Å². The summed E-state index contributed by atoms with van der Waals surface area (Å²) < 4.78 is 13.4. The van der Waals surface area contributed by atoms with Gasteiger partial charge in [0.15, 0.2) is 0 Å². The summed E-state index contributed by atoms with van der Waals surface area (Å²) in [6, 6.07) is 4.66. The summed E-state index contributed by atoms with van der Waals surface area (Å²) in [4.78, 5) is 1.93. The molecule has 0 saturated heterocycles. The minimum absolute atomic E-state index is 0.0694. The van der Waals surface area contributed by atoms with Crippen LogP contribution in [-0.2, 0) is 6.54 Å². The van der Waals surface area contributed by atoms with Gasteiger partial charge in [-0.05, 0) is 18.7 Å². The number of benzene rings is 1. The molecule has 0 atom stereocenters. The van der Waals surface area contributed by atoms with Gasteiger partial charge in [0.05, 0.1) is 6.61 Å². The van der Waals surface area contributed by atoms with Gasteiger partial charge in [0, 0.05) is 23.7 Å². The molecule has 1 N–H and O–H groups in total. The first kappa shape index (κ1) is 12.4. The molecular formula is C11H15ClFNO. The Balaban J connectivity index is 2.78. The molecule has 0 spiro atoms. The summed E-state index contributed by atoms with van der Waals surface area (Å²) in [5, 5.41) is 9.25. The van der Waals surface area contributed by atoms with Crippen LogP contribution in [0.25, 0.3) is 0 Å². The Morgan fingerprint density at radius 2 is 2.20 bits per heavy atom. The summed E-state index contributed by atoms with van der Waals surface area (Å²) in [7, 11) is 0. The number of aliphatic hydroxyl groups excluding tert-OH is 1. The standard InChI is InChI=1S/C11H15ClFNO/c1-2-14(6-7-15)8-9-10(12)4-3-5-11(9)13/h3-5,15H,2,6-8H2,1H3. The van der Waals surface area contributed by atoms with Crippen molar-refractivity contribution in [2.75, 3.05) is 19.7 Å². The predicted octanol–water partition coefficient (Wildman–Crippen LogP) is 2.29. The fraction of sp³-hybridized carbons (Fsp3) is 0.455. The summed E-state index contributed by atoms with van der Waals surface area (Å²) >= 11 is 5.90. The summed E-state index contributed by atoms with van der Waals surface area (Å²) in [5.74, 6) is -0.293. The van der Waals surface area contributed by atoms with Crippen LogP contribution in [0.2, 0.25) is 5.02 Å². The Kier molecular flexibility index (Phi) is 5.02. The van der Waals surface area contributed by atoms with Crippen LogP contribution in [0.1, 0.15) is 12.5 Å². The van der Waals surface area contributed by atoms with E-state index in [0.717, 1.165) is 6.54 Å². The van der Waals surface area contributed by atoms with Crippen LogP contribution in [0.3, 0.4) is 0 Å². The number of halogens is 2. The molecular weight excluding hydrogens is 217 g/mol. The lowest BCUT2D eigenvalue weighted by atomic mass is 10.2. The van der Waals surface area contributed by atoms with Gasteiger partial charge in [0.1, 0.15) is 5.82 Å². The number of likely N-dealkylation sites (N-methyl/N-ethyl adjacent to an activating group) is 1. The van der Waals surface area contributed by atoms with Crippen LogP contribution < -0.4 is 0 Å². The second-order valence-corrected chi connectivity index (χ2v) is 3.70. The number of aliphatic hydroxyl groups is 1. The van der Waals surface area contributed by atoms with Crippen LogP contribution >= 0.6 is 11.6 Å². The number of rotatable bonds is 5. The topological polar surface area (TPSA) is 23.5 Å². The first-order valence-corrected chi connectivity index (χ1v) is 5.33. The number of nitrogens with zero attached hydrogens (tertiary/aromatic N) is 1. The van der Waals surface area contributed by atoms with E-state index >= 15 is 0 Å². The molecule has 0 bridgehead atoms. The van der Waals surface area contributed by atoms with Gasteiger partial charge in [-0.1, -0.05) is 24.6 Å². The van der Waals surface area contributed by atoms with Crippen LogP contribution in [-0.4, -0.2) is 29.7 Å². The van der Waals surface area contributed by atoms with Crippen LogP contribution in [0.4, 0.5) is 4.39 Å². The minimum Gasteiger partial charge on any atom is -0.395 e. The quantitative estimate of drug-likeness (QED) is 0.841. The van der Waals surface area contributed by atoms with E-state index in [1.54, 1.807) is 12.1 Å². The van der Waals surface area contributed by atoms with Crippen molar-refractivity contribution in [1.82, 2.24) is 4.90 Å². The van der Waals surface area contributed by atoms with E-state index < -0.39 is 0 Å². The zero-order valence-corrected chi connectivity index (χ0v) is 9.47. The Bertz CT molecular complexity index is 299. The third-order valence-electron chi connectivity index (χ3n) is 2.31. The maximum Gasteiger partial charge on any atom is 0.129 e. The Hall–Kier alpha value is -0.640. The van der Waals surface area contributed by atoms with Gasteiger partial charge in [-0.2, -0.15) is 0 Å². The molecule has 0 aliphatic heterocycles. The molecule has 2 nitrogen and oxygen atoms in total. The Morgan fingerprint density at radius 1 is 1.47 bits per heavy atom. The molecule has 1 rings (SSSR count). The van der Waals surface area contributed by atoms with E-state index in [0.29, 0.717) is 23.7 Å². The molecule has 0 unspecified atom stereocenters. The van der Waals surface area contributed by atoms with Crippen LogP contribution in [0.15, 0.2) is 18.2 Å². The Labute approximate surface area is 94.3 Å². The highest BCUT2D eigenvalue weighted by atomic mass is 35.5. The monoisotopic (exact) mass is 231 g/mol. The number of hydrogen-bond acceptors (Lipinski definition) is 2. The smallest absolute Gasteiger partial charge is 0.129 e. The van der Waals surface area contributed by atoms with Crippen molar-refractivity contribution in [3.63, 3.8) is 0 Å². The fourth-order valence-corrected chi connectivity index (χ4v) is 1.62. The molecule has 84 valence electrons. The molecule has 0 fully saturated rings. The van der Waals surface area contributed by atoms with Crippen molar-refractivity contribution < 1.29 is 9.50 Å². The SMILES string of the molecule is CCN(CCO)Cc1c(F)cccc1Cl. The predicted molar refractivity (Wildman–Crippen MR) is 59.4 cm³/mol. The summed E-state index contributed by atoms with van der Waals surface area (Å²) in [5.41, 5.74) is 0.495. The molecule has 1 aromatic carbocycles. The zero-order valence-electron chi connectivity index (χ0n) is 8.71. The average Bonchev–Trinajstić information content (AvgIpc) is 2.22. The maximum atomic E-state index is 13.4. The molecule has 1 aromatic rings. The average molecular weight is 232 g/mol. The van der Waals surface area contributed by atoms with Gasteiger partial charge in [0.25, 0.3) is 0 Å². The Morgan fingerprint density at radius 3 is 2.73 bits per heavy atom. The van der Waals surface area contributed by atoms with Crippen molar-refractivity contribution in [2.45, 2.75) is 13.5 Å². The third-order valence-corrected chi connectivity index (χ3v) is 2.66. The second-order valence-electron chi connectivity index (χ2n) is 3.29. The molecule has 4 heteroatoms. The summed E-state index contributed by atoms with van der Waals surface area (Å²) in [6.07, 6.45) is 0. The summed E-state index contributed by atoms with van der Waals surface area (Å²) in [6.45, 7) is 3.75. The first-order valence-electron chi connectivity index (χ1n) is 4.95. The lowest BCUT2D eigenvalue weighted by Crippen LogP contribution is -2.26. The molecule has 0 amide bonds. The van der Waals surface area contributed by atoms with Gasteiger partial charge >= 0.3 is 0 Å². The minimum atomic E-state index is -0.293. The molecule has 0 heterocycles. The fourth-order valence-electron chi connectivity index (χ4n) is 1.40. The van der Waals surface area contributed by atoms with Crippen molar-refractivity contribution in [1.29, 1.82) is 0 Å². The highest BCUT2D eigenvalue weighted by molar-refractivity contribution is 6.31. The largest absolute Gasteiger partial charge is 0.395 e. The van der Waals surface area contributed by atoms with Gasteiger partial charge in [-0.15, -0.1) is 0 Å². The maximum absolute atomic E-state index is 13.4. The van der Waals surface area contributed by atoms with Gasteiger partial charge in [-0.3, -0.25) is 4.90 Å². The molecule has 0 aliphatic carbocycles. The highest BCUT2D eigenvalue weighted by Gasteiger charge is 2.10. The van der Waals surface area contributed by atoms with Crippen molar-refractivity contribution in [3.8, 4) is 0 Å². The third kappa shape index (κ3) is 3.45. The highest BCUT2D eigenvalue weighted by Crippen LogP contribution is 2.20. The van der Waals surface area contributed by atoms with E-state index in [1.807, 2.05) is 11.8 Å². The van der Waals surface area contributed by atoms with Crippen LogP contribution in [0, 0.1) is 5.82 Å². The first-order chi connectivity index (χ1) is 7.19.